The van der Waals surface area contributed by atoms with E-state index in [9.17, 15) is 18.8 Å². The zero-order chi connectivity index (χ0) is 18.5. The average Bonchev–Trinajstić information content (AvgIpc) is 2.88. The molecule has 0 bridgehead atoms. The highest BCUT2D eigenvalue weighted by Gasteiger charge is 2.56. The summed E-state index contributed by atoms with van der Waals surface area (Å²) < 4.78 is 13.2. The number of hydrogen-bond donors (Lipinski definition) is 2. The van der Waals surface area contributed by atoms with Crippen LogP contribution in [-0.2, 0) is 14.4 Å². The topological polar surface area (TPSA) is 81.8 Å². The van der Waals surface area contributed by atoms with Gasteiger partial charge in [0.1, 0.15) is 17.4 Å². The van der Waals surface area contributed by atoms with Crippen LogP contribution >= 0.6 is 23.8 Å². The number of hydrazine groups is 1. The number of carbonyl (C=O) groups is 3. The Balaban J connectivity index is 1.89. The van der Waals surface area contributed by atoms with Crippen LogP contribution in [-0.4, -0.2) is 44.4 Å². The first-order valence-electron chi connectivity index (χ1n) is 7.36. The van der Waals surface area contributed by atoms with Crippen molar-refractivity contribution in [3.8, 4) is 0 Å². The van der Waals surface area contributed by atoms with E-state index in [-0.39, 0.29) is 22.2 Å². The molecule has 3 amide bonds. The smallest absolute Gasteiger partial charge is 0.248 e. The maximum Gasteiger partial charge on any atom is 0.248 e. The lowest BCUT2D eigenvalue weighted by molar-refractivity contribution is -0.154. The van der Waals surface area contributed by atoms with E-state index < -0.39 is 35.1 Å². The Morgan fingerprint density at radius 2 is 2.12 bits per heavy atom. The van der Waals surface area contributed by atoms with Crippen LogP contribution in [0.4, 0.5) is 10.1 Å². The van der Waals surface area contributed by atoms with Gasteiger partial charge in [-0.05, 0) is 44.3 Å². The van der Waals surface area contributed by atoms with E-state index in [1.165, 1.54) is 17.1 Å². The molecular formula is C15H14ClFN4O3S. The first-order valence-corrected chi connectivity index (χ1v) is 8.15. The van der Waals surface area contributed by atoms with Crippen molar-refractivity contribution in [1.82, 2.24) is 15.3 Å². The lowest BCUT2D eigenvalue weighted by atomic mass is 10.00. The molecule has 3 rings (SSSR count). The van der Waals surface area contributed by atoms with Crippen LogP contribution in [0.25, 0.3) is 0 Å². The summed E-state index contributed by atoms with van der Waals surface area (Å²) in [6.45, 7) is 3.18. The molecule has 0 spiro atoms. The number of rotatable bonds is 2. The third-order valence-corrected chi connectivity index (χ3v) is 4.71. The van der Waals surface area contributed by atoms with Crippen LogP contribution in [0.5, 0.6) is 0 Å². The van der Waals surface area contributed by atoms with Gasteiger partial charge in [-0.25, -0.2) is 9.40 Å². The van der Waals surface area contributed by atoms with Gasteiger partial charge in [-0.2, -0.15) is 5.01 Å². The predicted octanol–water partition coefficient (Wildman–Crippen LogP) is 1.43. The predicted molar refractivity (Wildman–Crippen MR) is 91.9 cm³/mol. The van der Waals surface area contributed by atoms with Gasteiger partial charge in [-0.1, -0.05) is 11.6 Å². The minimum Gasteiger partial charge on any atom is -0.325 e. The zero-order valence-corrected chi connectivity index (χ0v) is 14.9. The molecule has 1 aromatic carbocycles. The second-order valence-electron chi connectivity index (χ2n) is 6.21. The Morgan fingerprint density at radius 3 is 2.76 bits per heavy atom. The third kappa shape index (κ3) is 2.88. The van der Waals surface area contributed by atoms with Gasteiger partial charge >= 0.3 is 0 Å². The summed E-state index contributed by atoms with van der Waals surface area (Å²) in [7, 11) is 0. The molecule has 0 radical (unpaired) electrons. The molecular weight excluding hydrogens is 371 g/mol. The van der Waals surface area contributed by atoms with Crippen LogP contribution in [0.1, 0.15) is 20.3 Å². The highest BCUT2D eigenvalue weighted by atomic mass is 35.5. The highest BCUT2D eigenvalue weighted by Crippen LogP contribution is 2.33. The summed E-state index contributed by atoms with van der Waals surface area (Å²) in [4.78, 5) is 37.2. The van der Waals surface area contributed by atoms with E-state index in [0.29, 0.717) is 0 Å². The second-order valence-corrected chi connectivity index (χ2v) is 7.00. The standard InChI is InChI=1S/C15H14ClFN4O3S/c1-15(2)13(24)19-14(25)20-11(22)6-10(21(15)20)12(23)18-7-3-4-9(17)8(16)5-7/h3-5,10H,6H2,1-2H3,(H,18,23)(H,19,24,25)/t10-/m0/s1. The number of anilines is 1. The highest BCUT2D eigenvalue weighted by molar-refractivity contribution is 7.80. The van der Waals surface area contributed by atoms with Crippen molar-refractivity contribution >= 4 is 52.3 Å². The number of fused-ring (bicyclic) bond motifs is 1. The number of hydrogen-bond acceptors (Lipinski definition) is 5. The minimum absolute atomic E-state index is 0.0607. The summed E-state index contributed by atoms with van der Waals surface area (Å²) in [5, 5.41) is 7.36. The molecule has 25 heavy (non-hydrogen) atoms. The lowest BCUT2D eigenvalue weighted by Gasteiger charge is -2.45. The van der Waals surface area contributed by atoms with Crippen LogP contribution < -0.4 is 10.6 Å². The largest absolute Gasteiger partial charge is 0.325 e. The summed E-state index contributed by atoms with van der Waals surface area (Å²) in [5.41, 5.74) is -0.874. The molecule has 0 aliphatic carbocycles. The van der Waals surface area contributed by atoms with E-state index in [1.54, 1.807) is 13.8 Å². The molecule has 2 aliphatic heterocycles. The Bertz CT molecular complexity index is 816. The van der Waals surface area contributed by atoms with Crippen LogP contribution in [0.3, 0.4) is 0 Å². The molecule has 10 heteroatoms. The summed E-state index contributed by atoms with van der Waals surface area (Å²) in [6, 6.07) is 2.81. The Kier molecular flexibility index (Phi) is 4.26. The maximum atomic E-state index is 13.2. The quantitative estimate of drug-likeness (QED) is 0.754. The van der Waals surface area contributed by atoms with Gasteiger partial charge in [0.25, 0.3) is 0 Å². The van der Waals surface area contributed by atoms with Crippen molar-refractivity contribution < 1.29 is 18.8 Å². The number of halogens is 2. The van der Waals surface area contributed by atoms with Gasteiger partial charge < -0.3 is 5.32 Å². The molecule has 2 fully saturated rings. The van der Waals surface area contributed by atoms with Crippen LogP contribution in [0.2, 0.25) is 5.02 Å². The van der Waals surface area contributed by atoms with E-state index in [0.717, 1.165) is 11.1 Å². The van der Waals surface area contributed by atoms with Crippen LogP contribution in [0.15, 0.2) is 18.2 Å². The Morgan fingerprint density at radius 1 is 1.44 bits per heavy atom. The van der Waals surface area contributed by atoms with E-state index >= 15 is 0 Å². The Labute approximate surface area is 153 Å². The summed E-state index contributed by atoms with van der Waals surface area (Å²) in [5.74, 6) is -1.94. The van der Waals surface area contributed by atoms with Crippen molar-refractivity contribution in [3.63, 3.8) is 0 Å². The average molecular weight is 385 g/mol. The molecule has 2 aliphatic rings. The molecule has 0 unspecified atom stereocenters. The molecule has 2 saturated heterocycles. The van der Waals surface area contributed by atoms with Crippen molar-refractivity contribution in [3.05, 3.63) is 29.0 Å². The first kappa shape index (κ1) is 17.7. The van der Waals surface area contributed by atoms with Gasteiger partial charge in [0.2, 0.25) is 17.7 Å². The van der Waals surface area contributed by atoms with Gasteiger partial charge in [0.15, 0.2) is 5.11 Å². The molecule has 7 nitrogen and oxygen atoms in total. The maximum absolute atomic E-state index is 13.2. The van der Waals surface area contributed by atoms with Gasteiger partial charge in [-0.3, -0.25) is 19.7 Å². The van der Waals surface area contributed by atoms with E-state index in [4.69, 9.17) is 23.8 Å². The minimum atomic E-state index is -1.16. The van der Waals surface area contributed by atoms with Gasteiger partial charge in [-0.15, -0.1) is 0 Å². The first-order chi connectivity index (χ1) is 11.6. The van der Waals surface area contributed by atoms with E-state index in [2.05, 4.69) is 10.6 Å². The van der Waals surface area contributed by atoms with Gasteiger partial charge in [0.05, 0.1) is 11.4 Å². The molecule has 0 saturated carbocycles. The number of nitrogens with zero attached hydrogens (tertiary/aromatic N) is 2. The molecule has 132 valence electrons. The number of amides is 3. The van der Waals surface area contributed by atoms with Crippen molar-refractivity contribution in [2.24, 2.45) is 0 Å². The number of thiocarbonyl (C=S) groups is 1. The fourth-order valence-corrected chi connectivity index (χ4v) is 3.32. The SMILES string of the molecule is CC1(C)C(=O)NC(=S)N2C(=O)C[C@@H](C(=O)Nc3ccc(F)c(Cl)c3)N21. The van der Waals surface area contributed by atoms with Crippen molar-refractivity contribution in [2.45, 2.75) is 31.8 Å². The summed E-state index contributed by atoms with van der Waals surface area (Å²) in [6.07, 6.45) is -0.140. The monoisotopic (exact) mass is 384 g/mol. The summed E-state index contributed by atoms with van der Waals surface area (Å²) >= 11 is 10.7. The van der Waals surface area contributed by atoms with Crippen LogP contribution in [0, 0.1) is 5.82 Å². The Hall–Kier alpha value is -2.10. The normalized spacial score (nSPS) is 22.6. The van der Waals surface area contributed by atoms with E-state index in [1.807, 2.05) is 0 Å². The molecule has 2 heterocycles. The fourth-order valence-electron chi connectivity index (χ4n) is 2.86. The number of benzene rings is 1. The zero-order valence-electron chi connectivity index (χ0n) is 13.3. The molecule has 1 atom stereocenters. The third-order valence-electron chi connectivity index (χ3n) is 4.15. The second kappa shape index (κ2) is 6.01. The number of carbonyl (C=O) groups excluding carboxylic acids is 3. The fraction of sp³-hybridized carbons (Fsp3) is 0.333. The molecule has 1 aromatic rings. The molecule has 2 N–H and O–H groups in total. The molecule has 0 aromatic heterocycles. The van der Waals surface area contributed by atoms with Crippen molar-refractivity contribution in [1.29, 1.82) is 0 Å². The number of nitrogens with one attached hydrogen (secondary N) is 2. The van der Waals surface area contributed by atoms with Gasteiger partial charge in [0, 0.05) is 5.69 Å². The van der Waals surface area contributed by atoms with Crippen molar-refractivity contribution in [2.75, 3.05) is 5.32 Å². The lowest BCUT2D eigenvalue weighted by Crippen LogP contribution is -2.71.